The van der Waals surface area contributed by atoms with Crippen molar-refractivity contribution in [3.8, 4) is 11.5 Å². The van der Waals surface area contributed by atoms with Crippen LogP contribution in [0, 0.1) is 0 Å². The Morgan fingerprint density at radius 1 is 1.16 bits per heavy atom. The average Bonchev–Trinajstić information content (AvgIpc) is 2.59. The van der Waals surface area contributed by atoms with Gasteiger partial charge < -0.3 is 19.9 Å². The minimum atomic E-state index is -0.633. The summed E-state index contributed by atoms with van der Waals surface area (Å²) in [7, 11) is 1.67. The molecule has 3 unspecified atom stereocenters. The number of para-hydroxylation sites is 1. The molecule has 0 bridgehead atoms. The third kappa shape index (κ3) is 3.80. The van der Waals surface area contributed by atoms with Crippen LogP contribution in [0.5, 0.6) is 11.5 Å². The molecule has 3 atom stereocenters. The Kier molecular flexibility index (Phi) is 5.02. The fourth-order valence-electron chi connectivity index (χ4n) is 3.41. The van der Waals surface area contributed by atoms with E-state index in [9.17, 15) is 5.11 Å². The van der Waals surface area contributed by atoms with Gasteiger partial charge in [-0.05, 0) is 51.0 Å². The van der Waals surface area contributed by atoms with E-state index >= 15 is 0 Å². The van der Waals surface area contributed by atoms with Gasteiger partial charge in [-0.1, -0.05) is 30.3 Å². The molecule has 0 saturated heterocycles. The van der Waals surface area contributed by atoms with Crippen LogP contribution < -0.4 is 14.8 Å². The van der Waals surface area contributed by atoms with E-state index in [1.165, 1.54) is 5.56 Å². The van der Waals surface area contributed by atoms with Gasteiger partial charge >= 0.3 is 0 Å². The van der Waals surface area contributed by atoms with Crippen LogP contribution in [0.3, 0.4) is 0 Å². The SMILES string of the molecule is COc1ccc(CC(C)NC2c3ccccc3OC(C)(C)C2O)cc1. The van der Waals surface area contributed by atoms with Crippen molar-refractivity contribution in [1.29, 1.82) is 0 Å². The van der Waals surface area contributed by atoms with Crippen molar-refractivity contribution in [2.45, 2.75) is 51.0 Å². The maximum atomic E-state index is 10.8. The third-order valence-electron chi connectivity index (χ3n) is 4.82. The molecule has 2 aromatic rings. The number of rotatable bonds is 5. The summed E-state index contributed by atoms with van der Waals surface area (Å²) in [6.45, 7) is 5.99. The van der Waals surface area contributed by atoms with E-state index in [-0.39, 0.29) is 12.1 Å². The van der Waals surface area contributed by atoms with Crippen LogP contribution in [0.15, 0.2) is 48.5 Å². The first-order chi connectivity index (χ1) is 11.9. The Balaban J connectivity index is 1.75. The zero-order chi connectivity index (χ0) is 18.0. The van der Waals surface area contributed by atoms with Crippen LogP contribution in [0.25, 0.3) is 0 Å². The van der Waals surface area contributed by atoms with Gasteiger partial charge in [0.05, 0.1) is 13.2 Å². The molecule has 1 aliphatic rings. The van der Waals surface area contributed by atoms with Gasteiger partial charge in [-0.3, -0.25) is 0 Å². The van der Waals surface area contributed by atoms with Gasteiger partial charge in [-0.25, -0.2) is 0 Å². The number of fused-ring (bicyclic) bond motifs is 1. The molecule has 2 aromatic carbocycles. The van der Waals surface area contributed by atoms with E-state index < -0.39 is 11.7 Å². The molecule has 0 radical (unpaired) electrons. The van der Waals surface area contributed by atoms with Crippen LogP contribution in [0.1, 0.15) is 37.9 Å². The lowest BCUT2D eigenvalue weighted by Gasteiger charge is -2.43. The van der Waals surface area contributed by atoms with Gasteiger partial charge in [0.15, 0.2) is 0 Å². The van der Waals surface area contributed by atoms with Crippen LogP contribution in [0.4, 0.5) is 0 Å². The molecule has 0 amide bonds. The standard InChI is InChI=1S/C21H27NO3/c1-14(13-15-9-11-16(24-4)12-10-15)22-19-17-7-5-6-8-18(17)25-21(2,3)20(19)23/h5-12,14,19-20,22-23H,13H2,1-4H3. The number of nitrogens with one attached hydrogen (secondary N) is 1. The first kappa shape index (κ1) is 17.8. The van der Waals surface area contributed by atoms with Crippen molar-refractivity contribution in [2.75, 3.05) is 7.11 Å². The smallest absolute Gasteiger partial charge is 0.131 e. The molecule has 3 rings (SSSR count). The lowest BCUT2D eigenvalue weighted by molar-refractivity contribution is -0.0661. The Hall–Kier alpha value is -2.04. The fourth-order valence-corrected chi connectivity index (χ4v) is 3.41. The molecule has 2 N–H and O–H groups in total. The second-order valence-electron chi connectivity index (χ2n) is 7.29. The number of hydrogen-bond acceptors (Lipinski definition) is 4. The summed E-state index contributed by atoms with van der Waals surface area (Å²) in [5.74, 6) is 1.70. The third-order valence-corrected chi connectivity index (χ3v) is 4.82. The van der Waals surface area contributed by atoms with E-state index in [1.54, 1.807) is 7.11 Å². The van der Waals surface area contributed by atoms with Crippen LogP contribution in [-0.4, -0.2) is 30.0 Å². The number of hydrogen-bond donors (Lipinski definition) is 2. The predicted octanol–water partition coefficient (Wildman–Crippen LogP) is 3.49. The van der Waals surface area contributed by atoms with Crippen molar-refractivity contribution in [1.82, 2.24) is 5.32 Å². The molecule has 0 saturated carbocycles. The van der Waals surface area contributed by atoms with E-state index in [2.05, 4.69) is 24.4 Å². The molecular formula is C21H27NO3. The minimum Gasteiger partial charge on any atom is -0.497 e. The predicted molar refractivity (Wildman–Crippen MR) is 99.2 cm³/mol. The number of aliphatic hydroxyl groups is 1. The summed E-state index contributed by atoms with van der Waals surface area (Å²) in [6.07, 6.45) is 0.247. The highest BCUT2D eigenvalue weighted by Crippen LogP contribution is 2.39. The molecule has 4 heteroatoms. The average molecular weight is 341 g/mol. The van der Waals surface area contributed by atoms with Crippen LogP contribution >= 0.6 is 0 Å². The summed E-state index contributed by atoms with van der Waals surface area (Å²) < 4.78 is 11.2. The van der Waals surface area contributed by atoms with Gasteiger partial charge in [-0.15, -0.1) is 0 Å². The van der Waals surface area contributed by atoms with E-state index in [4.69, 9.17) is 9.47 Å². The van der Waals surface area contributed by atoms with Crippen molar-refractivity contribution >= 4 is 0 Å². The van der Waals surface area contributed by atoms with Crippen LogP contribution in [0.2, 0.25) is 0 Å². The van der Waals surface area contributed by atoms with Crippen molar-refractivity contribution in [3.63, 3.8) is 0 Å². The van der Waals surface area contributed by atoms with Gasteiger partial charge in [0.25, 0.3) is 0 Å². The fraction of sp³-hybridized carbons (Fsp3) is 0.429. The Bertz CT molecular complexity index is 711. The van der Waals surface area contributed by atoms with Gasteiger partial charge in [-0.2, -0.15) is 0 Å². The second kappa shape index (κ2) is 7.06. The lowest BCUT2D eigenvalue weighted by atomic mass is 9.86. The first-order valence-electron chi connectivity index (χ1n) is 8.75. The van der Waals surface area contributed by atoms with Crippen molar-refractivity contribution < 1.29 is 14.6 Å². The Morgan fingerprint density at radius 3 is 2.52 bits per heavy atom. The second-order valence-corrected chi connectivity index (χ2v) is 7.29. The molecular weight excluding hydrogens is 314 g/mol. The molecule has 1 heterocycles. The van der Waals surface area contributed by atoms with Gasteiger partial charge in [0, 0.05) is 11.6 Å². The minimum absolute atomic E-state index is 0.159. The number of benzene rings is 2. The normalized spacial score (nSPS) is 22.6. The quantitative estimate of drug-likeness (QED) is 0.874. The number of aliphatic hydroxyl groups excluding tert-OH is 1. The molecule has 4 nitrogen and oxygen atoms in total. The molecule has 0 fully saturated rings. The molecule has 1 aliphatic heterocycles. The molecule has 0 aliphatic carbocycles. The Labute approximate surface area is 149 Å². The van der Waals surface area contributed by atoms with Crippen molar-refractivity contribution in [2.24, 2.45) is 0 Å². The monoisotopic (exact) mass is 341 g/mol. The molecule has 134 valence electrons. The Morgan fingerprint density at radius 2 is 1.84 bits per heavy atom. The zero-order valence-electron chi connectivity index (χ0n) is 15.3. The maximum absolute atomic E-state index is 10.8. The topological polar surface area (TPSA) is 50.7 Å². The van der Waals surface area contributed by atoms with E-state index in [0.717, 1.165) is 23.5 Å². The molecule has 25 heavy (non-hydrogen) atoms. The zero-order valence-corrected chi connectivity index (χ0v) is 15.3. The highest BCUT2D eigenvalue weighted by atomic mass is 16.5. The van der Waals surface area contributed by atoms with Crippen molar-refractivity contribution in [3.05, 3.63) is 59.7 Å². The van der Waals surface area contributed by atoms with Crippen LogP contribution in [-0.2, 0) is 6.42 Å². The summed E-state index contributed by atoms with van der Waals surface area (Å²) in [4.78, 5) is 0. The van der Waals surface area contributed by atoms with Gasteiger partial charge in [0.1, 0.15) is 23.2 Å². The molecule has 0 aromatic heterocycles. The highest BCUT2D eigenvalue weighted by Gasteiger charge is 2.42. The summed E-state index contributed by atoms with van der Waals surface area (Å²) in [5, 5.41) is 14.4. The summed E-state index contributed by atoms with van der Waals surface area (Å²) >= 11 is 0. The number of ether oxygens (including phenoxy) is 2. The van der Waals surface area contributed by atoms with E-state index in [0.29, 0.717) is 0 Å². The largest absolute Gasteiger partial charge is 0.497 e. The summed E-state index contributed by atoms with van der Waals surface area (Å²) in [5.41, 5.74) is 1.61. The van der Waals surface area contributed by atoms with E-state index in [1.807, 2.05) is 50.2 Å². The first-order valence-corrected chi connectivity index (χ1v) is 8.75. The maximum Gasteiger partial charge on any atom is 0.131 e. The molecule has 0 spiro atoms. The summed E-state index contributed by atoms with van der Waals surface area (Å²) in [6, 6.07) is 16.1. The highest BCUT2D eigenvalue weighted by molar-refractivity contribution is 5.40. The lowest BCUT2D eigenvalue weighted by Crippen LogP contribution is -2.54. The number of methoxy groups -OCH3 is 1. The van der Waals surface area contributed by atoms with Gasteiger partial charge in [0.2, 0.25) is 0 Å².